The maximum atomic E-state index is 12.7. The molecule has 0 aliphatic carbocycles. The summed E-state index contributed by atoms with van der Waals surface area (Å²) >= 11 is 0. The molecule has 0 aliphatic heterocycles. The molecule has 0 aliphatic rings. The van der Waals surface area contributed by atoms with Crippen LogP contribution in [-0.2, 0) is 13.5 Å². The molecule has 0 saturated heterocycles. The quantitative estimate of drug-likeness (QED) is 0.554. The molecule has 0 atom stereocenters. The number of nitrogens with zero attached hydrogens (tertiary/aromatic N) is 2. The highest BCUT2D eigenvalue weighted by Crippen LogP contribution is 2.03. The number of halogens is 1. The first-order valence-electron chi connectivity index (χ1n) is 2.92. The number of aryl methyl sites for hydroxylation is 2. The van der Waals surface area contributed by atoms with Crippen molar-refractivity contribution in [1.82, 2.24) is 9.78 Å². The second kappa shape index (κ2) is 2.17. The van der Waals surface area contributed by atoms with Gasteiger partial charge < -0.3 is 0 Å². The van der Waals surface area contributed by atoms with E-state index in [1.807, 2.05) is 6.92 Å². The molecule has 1 aromatic rings. The molecular weight excluding hydrogens is 119 g/mol. The van der Waals surface area contributed by atoms with E-state index in [1.165, 1.54) is 4.68 Å². The molecule has 1 aromatic heterocycles. The highest BCUT2D eigenvalue weighted by atomic mass is 19.1. The fraction of sp³-hybridized carbons (Fsp3) is 0.500. The van der Waals surface area contributed by atoms with Crippen molar-refractivity contribution in [3.63, 3.8) is 0 Å². The minimum atomic E-state index is -0.225. The second-order valence-electron chi connectivity index (χ2n) is 1.94. The van der Waals surface area contributed by atoms with Crippen molar-refractivity contribution in [3.05, 3.63) is 17.7 Å². The van der Waals surface area contributed by atoms with Gasteiger partial charge in [-0.15, -0.1) is 0 Å². The third kappa shape index (κ3) is 0.943. The van der Waals surface area contributed by atoms with Crippen molar-refractivity contribution in [2.45, 2.75) is 13.3 Å². The predicted octanol–water partition coefficient (Wildman–Crippen LogP) is 1.12. The maximum Gasteiger partial charge on any atom is 0.214 e. The lowest BCUT2D eigenvalue weighted by molar-refractivity contribution is 0.496. The maximum absolute atomic E-state index is 12.7. The van der Waals surface area contributed by atoms with Gasteiger partial charge in [0.2, 0.25) is 5.95 Å². The number of rotatable bonds is 1. The minimum absolute atomic E-state index is 0.225. The third-order valence-electron chi connectivity index (χ3n) is 1.32. The Morgan fingerprint density at radius 1 is 1.78 bits per heavy atom. The molecule has 50 valence electrons. The van der Waals surface area contributed by atoms with Crippen LogP contribution in [0.15, 0.2) is 6.20 Å². The second-order valence-corrected chi connectivity index (χ2v) is 1.94. The Hall–Kier alpha value is -0.860. The van der Waals surface area contributed by atoms with Crippen LogP contribution in [0.1, 0.15) is 12.5 Å². The standard InChI is InChI=1S/C6H9FN2/c1-3-5-4-8-9(2)6(5)7/h4H,3H2,1-2H3. The van der Waals surface area contributed by atoms with Crippen LogP contribution >= 0.6 is 0 Å². The van der Waals surface area contributed by atoms with Crippen molar-refractivity contribution in [2.75, 3.05) is 0 Å². The van der Waals surface area contributed by atoms with Gasteiger partial charge in [0, 0.05) is 12.6 Å². The van der Waals surface area contributed by atoms with Crippen LogP contribution in [0.5, 0.6) is 0 Å². The summed E-state index contributed by atoms with van der Waals surface area (Å²) in [7, 11) is 1.59. The van der Waals surface area contributed by atoms with Gasteiger partial charge in [0.25, 0.3) is 0 Å². The van der Waals surface area contributed by atoms with E-state index in [-0.39, 0.29) is 5.95 Å². The lowest BCUT2D eigenvalue weighted by Crippen LogP contribution is -1.94. The van der Waals surface area contributed by atoms with Crippen LogP contribution in [0.4, 0.5) is 4.39 Å². The van der Waals surface area contributed by atoms with E-state index >= 15 is 0 Å². The Bertz CT molecular complexity index is 205. The lowest BCUT2D eigenvalue weighted by atomic mass is 10.3. The summed E-state index contributed by atoms with van der Waals surface area (Å²) in [5.74, 6) is -0.225. The van der Waals surface area contributed by atoms with Crippen molar-refractivity contribution in [2.24, 2.45) is 7.05 Å². The zero-order valence-electron chi connectivity index (χ0n) is 5.56. The van der Waals surface area contributed by atoms with Crippen LogP contribution in [0.25, 0.3) is 0 Å². The average Bonchev–Trinajstić information content (AvgIpc) is 2.15. The van der Waals surface area contributed by atoms with Gasteiger partial charge in [-0.05, 0) is 6.42 Å². The Morgan fingerprint density at radius 3 is 2.67 bits per heavy atom. The Balaban J connectivity index is 3.04. The van der Waals surface area contributed by atoms with Crippen molar-refractivity contribution in [1.29, 1.82) is 0 Å². The summed E-state index contributed by atoms with van der Waals surface area (Å²) in [4.78, 5) is 0. The van der Waals surface area contributed by atoms with Crippen molar-refractivity contribution in [3.8, 4) is 0 Å². The van der Waals surface area contributed by atoms with Crippen LogP contribution < -0.4 is 0 Å². The van der Waals surface area contributed by atoms with Gasteiger partial charge >= 0.3 is 0 Å². The van der Waals surface area contributed by atoms with Crippen LogP contribution in [0, 0.1) is 5.95 Å². The fourth-order valence-electron chi connectivity index (χ4n) is 0.705. The van der Waals surface area contributed by atoms with Crippen molar-refractivity contribution < 1.29 is 4.39 Å². The summed E-state index contributed by atoms with van der Waals surface area (Å²) < 4.78 is 13.9. The summed E-state index contributed by atoms with van der Waals surface area (Å²) in [5.41, 5.74) is 0.678. The number of hydrogen-bond donors (Lipinski definition) is 0. The summed E-state index contributed by atoms with van der Waals surface area (Å²) in [5, 5.41) is 3.73. The largest absolute Gasteiger partial charge is 0.243 e. The zero-order chi connectivity index (χ0) is 6.85. The van der Waals surface area contributed by atoms with Crippen molar-refractivity contribution >= 4 is 0 Å². The van der Waals surface area contributed by atoms with Gasteiger partial charge in [-0.3, -0.25) is 0 Å². The topological polar surface area (TPSA) is 17.8 Å². The minimum Gasteiger partial charge on any atom is -0.243 e. The first-order chi connectivity index (χ1) is 4.25. The molecule has 2 nitrogen and oxygen atoms in total. The first-order valence-corrected chi connectivity index (χ1v) is 2.92. The normalized spacial score (nSPS) is 10.1. The molecular formula is C6H9FN2. The molecule has 0 amide bonds. The molecule has 1 rings (SSSR count). The summed E-state index contributed by atoms with van der Waals surface area (Å²) in [6.45, 7) is 1.90. The Kier molecular flexibility index (Phi) is 1.51. The molecule has 3 heteroatoms. The number of aromatic nitrogens is 2. The Morgan fingerprint density at radius 2 is 2.44 bits per heavy atom. The van der Waals surface area contributed by atoms with Gasteiger partial charge in [-0.1, -0.05) is 6.92 Å². The van der Waals surface area contributed by atoms with Crippen LogP contribution in [-0.4, -0.2) is 9.78 Å². The average molecular weight is 128 g/mol. The van der Waals surface area contributed by atoms with E-state index in [2.05, 4.69) is 5.10 Å². The van der Waals surface area contributed by atoms with E-state index < -0.39 is 0 Å². The molecule has 0 bridgehead atoms. The molecule has 0 aromatic carbocycles. The monoisotopic (exact) mass is 128 g/mol. The smallest absolute Gasteiger partial charge is 0.214 e. The molecule has 0 fully saturated rings. The van der Waals surface area contributed by atoms with E-state index in [9.17, 15) is 4.39 Å². The SMILES string of the molecule is CCc1cnn(C)c1F. The molecule has 1 heterocycles. The van der Waals surface area contributed by atoms with E-state index in [0.717, 1.165) is 0 Å². The fourth-order valence-corrected chi connectivity index (χ4v) is 0.705. The van der Waals surface area contributed by atoms with Crippen LogP contribution in [0.2, 0.25) is 0 Å². The number of hydrogen-bond acceptors (Lipinski definition) is 1. The highest BCUT2D eigenvalue weighted by molar-refractivity contribution is 5.05. The van der Waals surface area contributed by atoms with E-state index in [4.69, 9.17) is 0 Å². The molecule has 0 saturated carbocycles. The molecule has 9 heavy (non-hydrogen) atoms. The molecule has 0 N–H and O–H groups in total. The van der Waals surface area contributed by atoms with Gasteiger partial charge in [-0.25, -0.2) is 4.68 Å². The van der Waals surface area contributed by atoms with Gasteiger partial charge in [-0.2, -0.15) is 9.49 Å². The van der Waals surface area contributed by atoms with Crippen LogP contribution in [0.3, 0.4) is 0 Å². The molecule has 0 radical (unpaired) electrons. The molecule has 0 unspecified atom stereocenters. The van der Waals surface area contributed by atoms with E-state index in [1.54, 1.807) is 13.2 Å². The zero-order valence-corrected chi connectivity index (χ0v) is 5.56. The highest BCUT2D eigenvalue weighted by Gasteiger charge is 2.02. The van der Waals surface area contributed by atoms with Gasteiger partial charge in [0.15, 0.2) is 0 Å². The first kappa shape index (κ1) is 6.26. The third-order valence-corrected chi connectivity index (χ3v) is 1.32. The summed E-state index contributed by atoms with van der Waals surface area (Å²) in [6, 6.07) is 0. The van der Waals surface area contributed by atoms with Gasteiger partial charge in [0.05, 0.1) is 6.20 Å². The molecule has 0 spiro atoms. The lowest BCUT2D eigenvalue weighted by Gasteiger charge is -1.89. The Labute approximate surface area is 53.3 Å². The summed E-state index contributed by atoms with van der Waals surface area (Å²) in [6.07, 6.45) is 2.26. The van der Waals surface area contributed by atoms with Gasteiger partial charge in [0.1, 0.15) is 0 Å². The van der Waals surface area contributed by atoms with E-state index in [0.29, 0.717) is 12.0 Å². The predicted molar refractivity (Wildman–Crippen MR) is 32.5 cm³/mol.